The van der Waals surface area contributed by atoms with Crippen molar-refractivity contribution in [2.45, 2.75) is 25.8 Å². The third-order valence-corrected chi connectivity index (χ3v) is 5.24. The lowest BCUT2D eigenvalue weighted by Gasteiger charge is -2.11. The maximum absolute atomic E-state index is 12.4. The molecule has 148 valence electrons. The number of ether oxygens (including phenoxy) is 1. The van der Waals surface area contributed by atoms with E-state index in [1.54, 1.807) is 17.8 Å². The Morgan fingerprint density at radius 2 is 2.07 bits per heavy atom. The van der Waals surface area contributed by atoms with Gasteiger partial charge in [-0.15, -0.1) is 5.10 Å². The first-order valence-electron chi connectivity index (χ1n) is 9.34. The van der Waals surface area contributed by atoms with Crippen molar-refractivity contribution in [1.29, 1.82) is 0 Å². The summed E-state index contributed by atoms with van der Waals surface area (Å²) in [5, 5.41) is 16.1. The maximum atomic E-state index is 12.4. The number of rotatable bonds is 7. The average Bonchev–Trinajstić information content (AvgIpc) is 3.20. The highest BCUT2D eigenvalue weighted by Crippen LogP contribution is 2.46. The van der Waals surface area contributed by atoms with Gasteiger partial charge in [-0.2, -0.15) is 10.2 Å². The van der Waals surface area contributed by atoms with Crippen molar-refractivity contribution in [1.82, 2.24) is 29.3 Å². The lowest BCUT2D eigenvalue weighted by atomic mass is 10.2. The summed E-state index contributed by atoms with van der Waals surface area (Å²) in [5.74, 6) is 1.32. The van der Waals surface area contributed by atoms with Crippen molar-refractivity contribution in [3.63, 3.8) is 0 Å². The minimum atomic E-state index is -0.190. The van der Waals surface area contributed by atoms with Crippen molar-refractivity contribution in [2.24, 2.45) is 27.1 Å². The molecule has 3 aromatic heterocycles. The first kappa shape index (κ1) is 18.3. The molecule has 0 radical (unpaired) electrons. The van der Waals surface area contributed by atoms with Gasteiger partial charge in [0.2, 0.25) is 5.88 Å². The molecule has 1 aliphatic rings. The Morgan fingerprint density at radius 1 is 1.25 bits per heavy atom. The van der Waals surface area contributed by atoms with Crippen LogP contribution in [0.25, 0.3) is 0 Å². The fourth-order valence-corrected chi connectivity index (χ4v) is 3.40. The predicted molar refractivity (Wildman–Crippen MR) is 104 cm³/mol. The number of nitrogens with zero attached hydrogens (tertiary/aromatic N) is 6. The van der Waals surface area contributed by atoms with E-state index in [1.165, 1.54) is 4.68 Å². The molecule has 0 saturated heterocycles. The smallest absolute Gasteiger partial charge is 0.290 e. The van der Waals surface area contributed by atoms with Crippen LogP contribution in [-0.4, -0.2) is 35.9 Å². The van der Waals surface area contributed by atoms with Gasteiger partial charge in [-0.05, 0) is 25.0 Å². The number of anilines is 1. The molecule has 0 aliphatic heterocycles. The second kappa shape index (κ2) is 7.14. The molecule has 2 atom stereocenters. The molecule has 0 bridgehead atoms. The molecule has 9 heteroatoms. The summed E-state index contributed by atoms with van der Waals surface area (Å²) < 4.78 is 10.8. The SMILES string of the molecule is Cc1cnn(C)c1CNc1cc(OCC2CC2c2ccn(C)n2)nn(C)c1=O. The van der Waals surface area contributed by atoms with Gasteiger partial charge in [-0.25, -0.2) is 4.68 Å². The minimum Gasteiger partial charge on any atom is -0.476 e. The highest BCUT2D eigenvalue weighted by atomic mass is 16.5. The molecule has 0 spiro atoms. The van der Waals surface area contributed by atoms with E-state index < -0.39 is 0 Å². The van der Waals surface area contributed by atoms with Crippen LogP contribution in [0.4, 0.5) is 5.69 Å². The fourth-order valence-electron chi connectivity index (χ4n) is 3.40. The van der Waals surface area contributed by atoms with Gasteiger partial charge in [0.15, 0.2) is 0 Å². The monoisotopic (exact) mass is 383 g/mol. The third kappa shape index (κ3) is 3.64. The van der Waals surface area contributed by atoms with Crippen molar-refractivity contribution in [3.05, 3.63) is 51.8 Å². The standard InChI is InChI=1S/C19H25N7O2/c1-12-9-21-25(3)17(12)10-20-16-8-18(23-26(4)19(16)27)28-11-13-7-14(13)15-5-6-24(2)22-15/h5-6,8-9,13-14,20H,7,10-11H2,1-4H3. The highest BCUT2D eigenvalue weighted by molar-refractivity contribution is 5.44. The van der Waals surface area contributed by atoms with Gasteiger partial charge in [-0.3, -0.25) is 14.2 Å². The van der Waals surface area contributed by atoms with Crippen molar-refractivity contribution >= 4 is 5.69 Å². The van der Waals surface area contributed by atoms with E-state index in [1.807, 2.05) is 38.1 Å². The molecule has 9 nitrogen and oxygen atoms in total. The minimum absolute atomic E-state index is 0.190. The van der Waals surface area contributed by atoms with Crippen LogP contribution in [0.3, 0.4) is 0 Å². The average molecular weight is 383 g/mol. The lowest BCUT2D eigenvalue weighted by Crippen LogP contribution is -2.24. The van der Waals surface area contributed by atoms with E-state index >= 15 is 0 Å². The summed E-state index contributed by atoms with van der Waals surface area (Å²) in [5.41, 5.74) is 3.48. The maximum Gasteiger partial charge on any atom is 0.290 e. The largest absolute Gasteiger partial charge is 0.476 e. The van der Waals surface area contributed by atoms with Crippen molar-refractivity contribution < 1.29 is 4.74 Å². The van der Waals surface area contributed by atoms with Crippen LogP contribution >= 0.6 is 0 Å². The summed E-state index contributed by atoms with van der Waals surface area (Å²) >= 11 is 0. The van der Waals surface area contributed by atoms with E-state index in [2.05, 4.69) is 26.7 Å². The van der Waals surface area contributed by atoms with E-state index in [0.29, 0.717) is 36.6 Å². The summed E-state index contributed by atoms with van der Waals surface area (Å²) in [4.78, 5) is 12.4. The van der Waals surface area contributed by atoms with Gasteiger partial charge in [0.05, 0.1) is 30.7 Å². The molecule has 0 aromatic carbocycles. The number of hydrogen-bond donors (Lipinski definition) is 1. The number of aryl methyl sites for hydroxylation is 4. The molecule has 3 heterocycles. The van der Waals surface area contributed by atoms with Gasteiger partial charge >= 0.3 is 0 Å². The molecule has 3 aromatic rings. The van der Waals surface area contributed by atoms with Crippen LogP contribution in [0.2, 0.25) is 0 Å². The fraction of sp³-hybridized carbons (Fsp3) is 0.474. The first-order valence-corrected chi connectivity index (χ1v) is 9.34. The zero-order valence-corrected chi connectivity index (χ0v) is 16.6. The normalized spacial score (nSPS) is 18.3. The Hall–Kier alpha value is -3.10. The molecule has 4 rings (SSSR count). The zero-order chi connectivity index (χ0) is 19.8. The Kier molecular flexibility index (Phi) is 4.66. The highest BCUT2D eigenvalue weighted by Gasteiger charge is 2.40. The van der Waals surface area contributed by atoms with E-state index in [0.717, 1.165) is 23.4 Å². The predicted octanol–water partition coefficient (Wildman–Crippen LogP) is 1.35. The summed E-state index contributed by atoms with van der Waals surface area (Å²) in [7, 11) is 5.44. The van der Waals surface area contributed by atoms with Crippen molar-refractivity contribution in [3.8, 4) is 5.88 Å². The van der Waals surface area contributed by atoms with E-state index in [-0.39, 0.29) is 5.56 Å². The first-order chi connectivity index (χ1) is 13.4. The molecular weight excluding hydrogens is 358 g/mol. The van der Waals surface area contributed by atoms with Crippen LogP contribution in [0.1, 0.15) is 29.3 Å². The van der Waals surface area contributed by atoms with Gasteiger partial charge in [0, 0.05) is 45.2 Å². The number of nitrogens with one attached hydrogen (secondary N) is 1. The molecule has 1 saturated carbocycles. The van der Waals surface area contributed by atoms with Gasteiger partial charge in [0.25, 0.3) is 5.56 Å². The number of hydrogen-bond acceptors (Lipinski definition) is 6. The quantitative estimate of drug-likeness (QED) is 0.662. The van der Waals surface area contributed by atoms with E-state index in [9.17, 15) is 4.79 Å². The Labute approximate surface area is 162 Å². The zero-order valence-electron chi connectivity index (χ0n) is 16.6. The lowest BCUT2D eigenvalue weighted by molar-refractivity contribution is 0.278. The van der Waals surface area contributed by atoms with Crippen LogP contribution < -0.4 is 15.6 Å². The van der Waals surface area contributed by atoms with Gasteiger partial charge < -0.3 is 10.1 Å². The summed E-state index contributed by atoms with van der Waals surface area (Å²) in [6, 6.07) is 3.73. The number of aromatic nitrogens is 6. The molecule has 1 N–H and O–H groups in total. The molecule has 2 unspecified atom stereocenters. The van der Waals surface area contributed by atoms with Crippen LogP contribution in [0.15, 0.2) is 29.3 Å². The van der Waals surface area contributed by atoms with E-state index in [4.69, 9.17) is 4.74 Å². The van der Waals surface area contributed by atoms with Crippen LogP contribution in [-0.2, 0) is 27.7 Å². The Bertz CT molecular complexity index is 1030. The summed E-state index contributed by atoms with van der Waals surface area (Å²) in [6.45, 7) is 3.06. The topological polar surface area (TPSA) is 91.8 Å². The summed E-state index contributed by atoms with van der Waals surface area (Å²) in [6.07, 6.45) is 4.83. The second-order valence-electron chi connectivity index (χ2n) is 7.40. The van der Waals surface area contributed by atoms with Gasteiger partial charge in [-0.1, -0.05) is 0 Å². The molecule has 1 fully saturated rings. The Balaban J connectivity index is 1.40. The molecule has 1 aliphatic carbocycles. The molecule has 28 heavy (non-hydrogen) atoms. The van der Waals surface area contributed by atoms with Gasteiger partial charge in [0.1, 0.15) is 5.69 Å². The van der Waals surface area contributed by atoms with Crippen LogP contribution in [0, 0.1) is 12.8 Å². The molecule has 0 amide bonds. The van der Waals surface area contributed by atoms with Crippen LogP contribution in [0.5, 0.6) is 5.88 Å². The van der Waals surface area contributed by atoms with Crippen molar-refractivity contribution in [2.75, 3.05) is 11.9 Å². The second-order valence-corrected chi connectivity index (χ2v) is 7.40. The molecular formula is C19H25N7O2. The third-order valence-electron chi connectivity index (χ3n) is 5.24. The Morgan fingerprint density at radius 3 is 2.75 bits per heavy atom.